The highest BCUT2D eigenvalue weighted by molar-refractivity contribution is 5.87. The highest BCUT2D eigenvalue weighted by Gasteiger charge is 2.50. The average molecular weight is 420 g/mol. The SMILES string of the molecule is CC[C@@]1(OC(C)(C)C)C(=O)OCc2c1cc1n(c2=O)Cc2cc3cc(O)ccc3nc2-1. The Kier molecular flexibility index (Phi) is 4.08. The van der Waals surface area contributed by atoms with Crippen LogP contribution in [-0.2, 0) is 33.0 Å². The van der Waals surface area contributed by atoms with Gasteiger partial charge in [0.2, 0.25) is 0 Å². The molecule has 2 aliphatic rings. The molecule has 0 saturated carbocycles. The van der Waals surface area contributed by atoms with Crippen molar-refractivity contribution in [2.45, 2.75) is 58.5 Å². The maximum atomic E-state index is 13.4. The van der Waals surface area contributed by atoms with E-state index in [0.29, 0.717) is 35.5 Å². The van der Waals surface area contributed by atoms with Crippen molar-refractivity contribution in [1.29, 1.82) is 0 Å². The first-order valence-electron chi connectivity index (χ1n) is 10.4. The van der Waals surface area contributed by atoms with E-state index in [1.54, 1.807) is 22.8 Å². The lowest BCUT2D eigenvalue weighted by Crippen LogP contribution is -2.49. The Bertz CT molecular complexity index is 1320. The highest BCUT2D eigenvalue weighted by atomic mass is 16.6. The van der Waals surface area contributed by atoms with Crippen LogP contribution in [0.25, 0.3) is 22.3 Å². The highest BCUT2D eigenvalue weighted by Crippen LogP contribution is 2.42. The summed E-state index contributed by atoms with van der Waals surface area (Å²) in [7, 11) is 0. The molecular formula is C24H24N2O5. The second kappa shape index (κ2) is 6.40. The Morgan fingerprint density at radius 3 is 2.71 bits per heavy atom. The van der Waals surface area contributed by atoms with Crippen LogP contribution in [0.5, 0.6) is 5.75 Å². The number of fused-ring (bicyclic) bond motifs is 5. The van der Waals surface area contributed by atoms with Crippen LogP contribution in [0.15, 0.2) is 35.1 Å². The Balaban J connectivity index is 1.77. The number of hydrogen-bond donors (Lipinski definition) is 1. The fraction of sp³-hybridized carbons (Fsp3) is 0.375. The van der Waals surface area contributed by atoms with E-state index in [1.807, 2.05) is 39.8 Å². The van der Waals surface area contributed by atoms with Gasteiger partial charge in [0.1, 0.15) is 12.4 Å². The molecule has 1 aromatic carbocycles. The molecule has 31 heavy (non-hydrogen) atoms. The number of cyclic esters (lactones) is 1. The van der Waals surface area contributed by atoms with E-state index < -0.39 is 17.2 Å². The maximum Gasteiger partial charge on any atom is 0.343 e. The minimum absolute atomic E-state index is 0.0673. The largest absolute Gasteiger partial charge is 0.508 e. The average Bonchev–Trinajstić information content (AvgIpc) is 3.05. The zero-order valence-corrected chi connectivity index (χ0v) is 18.0. The molecule has 4 heterocycles. The van der Waals surface area contributed by atoms with Crippen LogP contribution >= 0.6 is 0 Å². The minimum atomic E-state index is -1.34. The van der Waals surface area contributed by atoms with E-state index >= 15 is 0 Å². The molecule has 0 aliphatic carbocycles. The summed E-state index contributed by atoms with van der Waals surface area (Å²) >= 11 is 0. The normalized spacial score (nSPS) is 19.7. The first kappa shape index (κ1) is 19.8. The number of aromatic nitrogens is 2. The predicted octanol–water partition coefficient (Wildman–Crippen LogP) is 3.61. The number of hydrogen-bond acceptors (Lipinski definition) is 6. The summed E-state index contributed by atoms with van der Waals surface area (Å²) in [6, 6.07) is 8.82. The van der Waals surface area contributed by atoms with Gasteiger partial charge in [-0.25, -0.2) is 9.78 Å². The number of benzene rings is 1. The Labute approximate surface area is 179 Å². The van der Waals surface area contributed by atoms with Crippen molar-refractivity contribution in [2.24, 2.45) is 0 Å². The molecule has 0 saturated heterocycles. The lowest BCUT2D eigenvalue weighted by Gasteiger charge is -2.40. The van der Waals surface area contributed by atoms with Gasteiger partial charge in [0, 0.05) is 16.5 Å². The topological polar surface area (TPSA) is 90.7 Å². The summed E-state index contributed by atoms with van der Waals surface area (Å²) in [5.74, 6) is -0.304. The van der Waals surface area contributed by atoms with Gasteiger partial charge in [-0.1, -0.05) is 6.92 Å². The summed E-state index contributed by atoms with van der Waals surface area (Å²) in [5.41, 5.74) is 1.85. The van der Waals surface area contributed by atoms with E-state index in [1.165, 1.54) is 0 Å². The van der Waals surface area contributed by atoms with Gasteiger partial charge < -0.3 is 19.1 Å². The molecule has 5 rings (SSSR count). The molecule has 0 fully saturated rings. The number of pyridine rings is 2. The molecule has 0 radical (unpaired) electrons. The number of carbonyl (C=O) groups excluding carboxylic acids is 1. The zero-order chi connectivity index (χ0) is 22.1. The van der Waals surface area contributed by atoms with Gasteiger partial charge in [0.05, 0.1) is 34.6 Å². The quantitative estimate of drug-likeness (QED) is 0.498. The van der Waals surface area contributed by atoms with Crippen molar-refractivity contribution < 1.29 is 19.4 Å². The molecule has 0 unspecified atom stereocenters. The summed E-state index contributed by atoms with van der Waals surface area (Å²) < 4.78 is 13.4. The van der Waals surface area contributed by atoms with Crippen LogP contribution in [0.4, 0.5) is 0 Å². The molecule has 7 heteroatoms. The van der Waals surface area contributed by atoms with Crippen molar-refractivity contribution in [2.75, 3.05) is 0 Å². The van der Waals surface area contributed by atoms with Gasteiger partial charge in [0.25, 0.3) is 5.56 Å². The monoisotopic (exact) mass is 420 g/mol. The van der Waals surface area contributed by atoms with E-state index in [2.05, 4.69) is 0 Å². The third-order valence-corrected chi connectivity index (χ3v) is 5.94. The molecule has 2 aromatic heterocycles. The van der Waals surface area contributed by atoms with Crippen molar-refractivity contribution in [3.63, 3.8) is 0 Å². The number of aromatic hydroxyl groups is 1. The number of esters is 1. The molecule has 0 bridgehead atoms. The van der Waals surface area contributed by atoms with Crippen LogP contribution in [0.1, 0.15) is 50.8 Å². The molecule has 2 aliphatic heterocycles. The summed E-state index contributed by atoms with van der Waals surface area (Å²) in [6.45, 7) is 7.81. The van der Waals surface area contributed by atoms with Gasteiger partial charge >= 0.3 is 5.97 Å². The van der Waals surface area contributed by atoms with Crippen LogP contribution in [0.3, 0.4) is 0 Å². The number of rotatable bonds is 2. The van der Waals surface area contributed by atoms with E-state index in [4.69, 9.17) is 14.5 Å². The number of nitrogens with zero attached hydrogens (tertiary/aromatic N) is 2. The van der Waals surface area contributed by atoms with Gasteiger partial charge in [0.15, 0.2) is 5.60 Å². The molecule has 7 nitrogen and oxygen atoms in total. The molecule has 3 aromatic rings. The zero-order valence-electron chi connectivity index (χ0n) is 18.0. The Morgan fingerprint density at radius 1 is 1.23 bits per heavy atom. The Hall–Kier alpha value is -3.19. The first-order valence-corrected chi connectivity index (χ1v) is 10.4. The van der Waals surface area contributed by atoms with Crippen LogP contribution in [-0.4, -0.2) is 26.2 Å². The smallest absolute Gasteiger partial charge is 0.343 e. The number of phenols is 1. The standard InChI is InChI=1S/C24H24N2O5/c1-5-24(31-23(2,3)4)17-10-19-20-14(8-13-9-15(27)6-7-18(13)25-20)11-26(19)21(28)16(17)12-30-22(24)29/h6-10,27H,5,11-12H2,1-4H3/t24-/m0/s1. The van der Waals surface area contributed by atoms with E-state index in [0.717, 1.165) is 16.5 Å². The summed E-state index contributed by atoms with van der Waals surface area (Å²) in [6.07, 6.45) is 0.344. The van der Waals surface area contributed by atoms with E-state index in [9.17, 15) is 14.7 Å². The second-order valence-electron chi connectivity index (χ2n) is 9.16. The van der Waals surface area contributed by atoms with Gasteiger partial charge in [-0.3, -0.25) is 4.79 Å². The second-order valence-corrected chi connectivity index (χ2v) is 9.16. The van der Waals surface area contributed by atoms with Crippen LogP contribution in [0.2, 0.25) is 0 Å². The van der Waals surface area contributed by atoms with Crippen molar-refractivity contribution in [3.8, 4) is 17.1 Å². The fourth-order valence-corrected chi connectivity index (χ4v) is 4.65. The molecule has 0 spiro atoms. The van der Waals surface area contributed by atoms with Gasteiger partial charge in [-0.05, 0) is 57.5 Å². The van der Waals surface area contributed by atoms with Crippen molar-refractivity contribution in [3.05, 3.63) is 57.4 Å². The number of phenolic OH excluding ortho intramolecular Hbond substituents is 1. The minimum Gasteiger partial charge on any atom is -0.508 e. The summed E-state index contributed by atoms with van der Waals surface area (Å²) in [4.78, 5) is 31.2. The van der Waals surface area contributed by atoms with Gasteiger partial charge in [-0.2, -0.15) is 0 Å². The van der Waals surface area contributed by atoms with E-state index in [-0.39, 0.29) is 17.9 Å². The first-order chi connectivity index (χ1) is 14.6. The maximum absolute atomic E-state index is 13.4. The third kappa shape index (κ3) is 2.87. The lowest BCUT2D eigenvalue weighted by atomic mass is 9.84. The lowest BCUT2D eigenvalue weighted by molar-refractivity contribution is -0.200. The van der Waals surface area contributed by atoms with Crippen LogP contribution in [0, 0.1) is 0 Å². The Morgan fingerprint density at radius 2 is 2.00 bits per heavy atom. The number of carbonyl (C=O) groups is 1. The van der Waals surface area contributed by atoms with Crippen molar-refractivity contribution >= 4 is 16.9 Å². The van der Waals surface area contributed by atoms with Crippen molar-refractivity contribution in [1.82, 2.24) is 9.55 Å². The molecule has 1 atom stereocenters. The molecule has 1 N–H and O–H groups in total. The third-order valence-electron chi connectivity index (χ3n) is 5.94. The molecular weight excluding hydrogens is 396 g/mol. The molecule has 160 valence electrons. The summed E-state index contributed by atoms with van der Waals surface area (Å²) in [5, 5.41) is 10.6. The number of ether oxygens (including phenoxy) is 2. The fourth-order valence-electron chi connectivity index (χ4n) is 4.65. The van der Waals surface area contributed by atoms with Gasteiger partial charge in [-0.15, -0.1) is 0 Å². The van der Waals surface area contributed by atoms with Crippen LogP contribution < -0.4 is 5.56 Å². The molecule has 0 amide bonds. The predicted molar refractivity (Wildman–Crippen MR) is 115 cm³/mol.